The van der Waals surface area contributed by atoms with Gasteiger partial charge in [-0.15, -0.1) is 0 Å². The van der Waals surface area contributed by atoms with Crippen molar-refractivity contribution in [1.29, 1.82) is 0 Å². The van der Waals surface area contributed by atoms with Gasteiger partial charge in [0.2, 0.25) is 11.8 Å². The van der Waals surface area contributed by atoms with Gasteiger partial charge in [-0.05, 0) is 12.3 Å². The van der Waals surface area contributed by atoms with E-state index in [9.17, 15) is 14.4 Å². The van der Waals surface area contributed by atoms with Crippen molar-refractivity contribution in [2.24, 2.45) is 5.92 Å². The van der Waals surface area contributed by atoms with Crippen molar-refractivity contribution in [3.63, 3.8) is 0 Å². The molecule has 17 heavy (non-hydrogen) atoms. The van der Waals surface area contributed by atoms with Crippen LogP contribution in [0, 0.1) is 5.92 Å². The maximum absolute atomic E-state index is 11.6. The van der Waals surface area contributed by atoms with Crippen molar-refractivity contribution >= 4 is 17.8 Å². The third-order valence-electron chi connectivity index (χ3n) is 2.51. The first-order valence-electron chi connectivity index (χ1n) is 5.38. The minimum Gasteiger partial charge on any atom is -0.480 e. The molecule has 1 saturated heterocycles. The fraction of sp³-hybridized carbons (Fsp3) is 0.700. The van der Waals surface area contributed by atoms with Gasteiger partial charge in [-0.1, -0.05) is 6.92 Å². The van der Waals surface area contributed by atoms with Crippen molar-refractivity contribution in [2.75, 3.05) is 19.7 Å². The van der Waals surface area contributed by atoms with E-state index in [-0.39, 0.29) is 18.4 Å². The van der Waals surface area contributed by atoms with Crippen LogP contribution in [0.1, 0.15) is 13.3 Å². The highest BCUT2D eigenvalue weighted by molar-refractivity contribution is 5.88. The van der Waals surface area contributed by atoms with Crippen molar-refractivity contribution in [3.05, 3.63) is 0 Å². The maximum atomic E-state index is 11.6. The second-order valence-corrected chi connectivity index (χ2v) is 3.95. The van der Waals surface area contributed by atoms with Crippen LogP contribution < -0.4 is 10.6 Å². The Bertz CT molecular complexity index is 318. The molecule has 0 bridgehead atoms. The van der Waals surface area contributed by atoms with Gasteiger partial charge in [-0.2, -0.15) is 0 Å². The van der Waals surface area contributed by atoms with Crippen molar-refractivity contribution in [1.82, 2.24) is 10.6 Å². The van der Waals surface area contributed by atoms with Crippen molar-refractivity contribution < 1.29 is 24.2 Å². The summed E-state index contributed by atoms with van der Waals surface area (Å²) in [6, 6.07) is 0. The average Bonchev–Trinajstić information content (AvgIpc) is 2.69. The van der Waals surface area contributed by atoms with Gasteiger partial charge in [0.1, 0.15) is 12.6 Å². The van der Waals surface area contributed by atoms with Crippen LogP contribution in [-0.2, 0) is 19.1 Å². The predicted octanol–water partition coefficient (Wildman–Crippen LogP) is -1.27. The van der Waals surface area contributed by atoms with Crippen LogP contribution in [0.15, 0.2) is 0 Å². The summed E-state index contributed by atoms with van der Waals surface area (Å²) in [6.07, 6.45) is 0.311. The molecule has 0 aromatic carbocycles. The SMILES string of the molecule is CC1CCOC1C(=O)NCC(=O)NCC(=O)O. The van der Waals surface area contributed by atoms with Gasteiger partial charge in [-0.25, -0.2) is 0 Å². The largest absolute Gasteiger partial charge is 0.480 e. The molecule has 1 aliphatic heterocycles. The standard InChI is InChI=1S/C10H16N2O5/c1-6-2-3-17-9(6)10(16)12-4-7(13)11-5-8(14)15/h6,9H,2-5H2,1H3,(H,11,13)(H,12,16)(H,14,15). The molecular formula is C10H16N2O5. The van der Waals surface area contributed by atoms with E-state index in [0.717, 1.165) is 6.42 Å². The zero-order valence-corrected chi connectivity index (χ0v) is 9.56. The van der Waals surface area contributed by atoms with Crippen LogP contribution >= 0.6 is 0 Å². The quantitative estimate of drug-likeness (QED) is 0.559. The van der Waals surface area contributed by atoms with Gasteiger partial charge in [0.05, 0.1) is 6.54 Å². The summed E-state index contributed by atoms with van der Waals surface area (Å²) in [7, 11) is 0. The Morgan fingerprint density at radius 2 is 2.00 bits per heavy atom. The summed E-state index contributed by atoms with van der Waals surface area (Å²) in [6.45, 7) is 1.76. The molecule has 1 aliphatic rings. The molecule has 0 saturated carbocycles. The summed E-state index contributed by atoms with van der Waals surface area (Å²) in [5.74, 6) is -1.86. The minimum absolute atomic E-state index is 0.136. The van der Waals surface area contributed by atoms with E-state index < -0.39 is 24.5 Å². The van der Waals surface area contributed by atoms with Crippen LogP contribution in [-0.4, -0.2) is 48.7 Å². The summed E-state index contributed by atoms with van der Waals surface area (Å²) in [5.41, 5.74) is 0. The number of ether oxygens (including phenoxy) is 1. The molecule has 0 aromatic rings. The van der Waals surface area contributed by atoms with Gasteiger partial charge in [0.25, 0.3) is 0 Å². The topological polar surface area (TPSA) is 105 Å². The van der Waals surface area contributed by atoms with Crippen LogP contribution in [0.25, 0.3) is 0 Å². The highest BCUT2D eigenvalue weighted by Crippen LogP contribution is 2.19. The Balaban J connectivity index is 2.23. The van der Waals surface area contributed by atoms with Gasteiger partial charge < -0.3 is 20.5 Å². The molecule has 7 nitrogen and oxygen atoms in total. The lowest BCUT2D eigenvalue weighted by molar-refractivity contribution is -0.138. The molecule has 96 valence electrons. The molecule has 0 radical (unpaired) electrons. The van der Waals surface area contributed by atoms with Crippen LogP contribution in [0.5, 0.6) is 0 Å². The van der Waals surface area contributed by atoms with E-state index in [0.29, 0.717) is 6.61 Å². The Morgan fingerprint density at radius 3 is 2.53 bits per heavy atom. The number of nitrogens with one attached hydrogen (secondary N) is 2. The van der Waals surface area contributed by atoms with Gasteiger partial charge in [0, 0.05) is 6.61 Å². The summed E-state index contributed by atoms with van der Waals surface area (Å²) in [5, 5.41) is 12.9. The summed E-state index contributed by atoms with van der Waals surface area (Å²) < 4.78 is 5.22. The number of carbonyl (C=O) groups excluding carboxylic acids is 2. The van der Waals surface area contributed by atoms with E-state index in [2.05, 4.69) is 10.6 Å². The predicted molar refractivity (Wildman–Crippen MR) is 57.2 cm³/mol. The first-order valence-corrected chi connectivity index (χ1v) is 5.38. The van der Waals surface area contributed by atoms with Crippen LogP contribution in [0.4, 0.5) is 0 Å². The number of hydrogen-bond acceptors (Lipinski definition) is 4. The Morgan fingerprint density at radius 1 is 1.29 bits per heavy atom. The van der Waals surface area contributed by atoms with Crippen molar-refractivity contribution in [2.45, 2.75) is 19.4 Å². The number of carboxylic acids is 1. The van der Waals surface area contributed by atoms with E-state index in [1.165, 1.54) is 0 Å². The molecule has 2 unspecified atom stereocenters. The van der Waals surface area contributed by atoms with Gasteiger partial charge in [-0.3, -0.25) is 14.4 Å². The van der Waals surface area contributed by atoms with Crippen molar-refractivity contribution in [3.8, 4) is 0 Å². The zero-order chi connectivity index (χ0) is 12.8. The lowest BCUT2D eigenvalue weighted by atomic mass is 10.0. The van der Waals surface area contributed by atoms with Crippen LogP contribution in [0.3, 0.4) is 0 Å². The first kappa shape index (κ1) is 13.4. The van der Waals surface area contributed by atoms with Gasteiger partial charge >= 0.3 is 5.97 Å². The molecule has 0 aliphatic carbocycles. The van der Waals surface area contributed by atoms with E-state index in [4.69, 9.17) is 9.84 Å². The highest BCUT2D eigenvalue weighted by Gasteiger charge is 2.30. The number of hydrogen-bond donors (Lipinski definition) is 3. The third-order valence-corrected chi connectivity index (χ3v) is 2.51. The average molecular weight is 244 g/mol. The fourth-order valence-electron chi connectivity index (χ4n) is 1.54. The highest BCUT2D eigenvalue weighted by atomic mass is 16.5. The number of aliphatic carboxylic acids is 1. The molecule has 2 atom stereocenters. The molecule has 2 amide bonds. The second kappa shape index (κ2) is 6.19. The number of rotatable bonds is 5. The number of amides is 2. The minimum atomic E-state index is -1.13. The second-order valence-electron chi connectivity index (χ2n) is 3.95. The monoisotopic (exact) mass is 244 g/mol. The van der Waals surface area contributed by atoms with E-state index >= 15 is 0 Å². The Kier molecular flexibility index (Phi) is 4.89. The van der Waals surface area contributed by atoms with Crippen LogP contribution in [0.2, 0.25) is 0 Å². The summed E-state index contributed by atoms with van der Waals surface area (Å²) in [4.78, 5) is 32.9. The molecule has 1 rings (SSSR count). The molecule has 0 aromatic heterocycles. The molecule has 3 N–H and O–H groups in total. The third kappa shape index (κ3) is 4.39. The molecular weight excluding hydrogens is 228 g/mol. The number of carboxylic acid groups (broad SMARTS) is 1. The van der Waals surface area contributed by atoms with E-state index in [1.54, 1.807) is 0 Å². The summed E-state index contributed by atoms with van der Waals surface area (Å²) >= 11 is 0. The lowest BCUT2D eigenvalue weighted by Gasteiger charge is -2.14. The molecule has 1 heterocycles. The first-order chi connectivity index (χ1) is 8.00. The molecule has 0 spiro atoms. The lowest BCUT2D eigenvalue weighted by Crippen LogP contribution is -2.43. The smallest absolute Gasteiger partial charge is 0.322 e. The normalized spacial score (nSPS) is 23.1. The molecule has 1 fully saturated rings. The van der Waals surface area contributed by atoms with Gasteiger partial charge in [0.15, 0.2) is 0 Å². The molecule has 7 heteroatoms. The Hall–Kier alpha value is -1.63. The zero-order valence-electron chi connectivity index (χ0n) is 9.56. The number of carbonyl (C=O) groups is 3. The maximum Gasteiger partial charge on any atom is 0.322 e. The fourth-order valence-corrected chi connectivity index (χ4v) is 1.54. The van der Waals surface area contributed by atoms with E-state index in [1.807, 2.05) is 6.92 Å². The Labute approximate surface area is 98.5 Å².